The fourth-order valence-electron chi connectivity index (χ4n) is 2.91. The lowest BCUT2D eigenvalue weighted by Crippen LogP contribution is -2.37. The number of aromatic nitrogens is 2. The summed E-state index contributed by atoms with van der Waals surface area (Å²) in [5.41, 5.74) is 1.50. The first-order valence-electron chi connectivity index (χ1n) is 7.78. The summed E-state index contributed by atoms with van der Waals surface area (Å²) in [4.78, 5) is 18.6. The fourth-order valence-corrected chi connectivity index (χ4v) is 2.91. The van der Waals surface area contributed by atoms with Crippen molar-refractivity contribution in [2.45, 2.75) is 39.0 Å². The zero-order valence-electron chi connectivity index (χ0n) is 13.5. The molecular weight excluding hydrogens is 319 g/mol. The largest absolute Gasteiger partial charge is 0.416 e. The van der Waals surface area contributed by atoms with Crippen LogP contribution in [0, 0.1) is 0 Å². The first-order chi connectivity index (χ1) is 11.3. The number of alkyl halides is 3. The Bertz CT molecular complexity index is 747. The Morgan fingerprint density at radius 3 is 2.46 bits per heavy atom. The summed E-state index contributed by atoms with van der Waals surface area (Å²) >= 11 is 0. The van der Waals surface area contributed by atoms with Crippen LogP contribution in [0.1, 0.15) is 47.2 Å². The smallest absolute Gasteiger partial charge is 0.332 e. The van der Waals surface area contributed by atoms with Crippen LogP contribution in [0.3, 0.4) is 0 Å². The monoisotopic (exact) mass is 337 g/mol. The van der Waals surface area contributed by atoms with Crippen molar-refractivity contribution < 1.29 is 18.0 Å². The van der Waals surface area contributed by atoms with Crippen molar-refractivity contribution in [1.82, 2.24) is 14.5 Å². The summed E-state index contributed by atoms with van der Waals surface area (Å²) in [7, 11) is 0. The van der Waals surface area contributed by atoms with Gasteiger partial charge in [0.1, 0.15) is 0 Å². The average molecular weight is 337 g/mol. The molecule has 0 N–H and O–H groups in total. The number of fused-ring (bicyclic) bond motifs is 1. The molecule has 3 rings (SSSR count). The SMILES string of the molecule is CC(C)n1cnc2c1CN(C(=O)c1ccc(C(F)(F)F)cc1)CC2. The highest BCUT2D eigenvalue weighted by Gasteiger charge is 2.31. The van der Waals surface area contributed by atoms with Gasteiger partial charge in [-0.1, -0.05) is 0 Å². The van der Waals surface area contributed by atoms with Gasteiger partial charge in [-0.3, -0.25) is 4.79 Å². The molecule has 0 fully saturated rings. The molecule has 0 spiro atoms. The number of carbonyl (C=O) groups excluding carboxylic acids is 1. The molecule has 4 nitrogen and oxygen atoms in total. The molecule has 0 saturated heterocycles. The molecule has 0 unspecified atom stereocenters. The van der Waals surface area contributed by atoms with Gasteiger partial charge in [-0.2, -0.15) is 13.2 Å². The summed E-state index contributed by atoms with van der Waals surface area (Å²) in [6, 6.07) is 4.60. The van der Waals surface area contributed by atoms with Crippen LogP contribution in [0.15, 0.2) is 30.6 Å². The van der Waals surface area contributed by atoms with E-state index < -0.39 is 11.7 Å². The van der Waals surface area contributed by atoms with Gasteiger partial charge in [-0.25, -0.2) is 4.98 Å². The van der Waals surface area contributed by atoms with E-state index in [0.717, 1.165) is 23.5 Å². The molecule has 0 bridgehead atoms. The Labute approximate surface area is 137 Å². The van der Waals surface area contributed by atoms with E-state index >= 15 is 0 Å². The molecule has 2 heterocycles. The minimum atomic E-state index is -4.40. The molecule has 1 amide bonds. The molecule has 7 heteroatoms. The molecule has 0 saturated carbocycles. The molecule has 0 atom stereocenters. The van der Waals surface area contributed by atoms with Crippen LogP contribution in [-0.2, 0) is 19.1 Å². The first kappa shape index (κ1) is 16.5. The number of rotatable bonds is 2. The standard InChI is InChI=1S/C17H18F3N3O/c1-11(2)23-10-21-14-7-8-22(9-15(14)23)16(24)12-3-5-13(6-4-12)17(18,19)20/h3-6,10-11H,7-9H2,1-2H3. The van der Waals surface area contributed by atoms with Crippen LogP contribution in [0.5, 0.6) is 0 Å². The van der Waals surface area contributed by atoms with Crippen molar-refractivity contribution in [2.75, 3.05) is 6.54 Å². The average Bonchev–Trinajstić information content (AvgIpc) is 2.96. The number of imidazole rings is 1. The molecule has 1 aromatic heterocycles. The maximum atomic E-state index is 12.6. The van der Waals surface area contributed by atoms with Crippen molar-refractivity contribution in [2.24, 2.45) is 0 Å². The van der Waals surface area contributed by atoms with Crippen LogP contribution in [0.4, 0.5) is 13.2 Å². The molecule has 1 aliphatic rings. The molecule has 1 aromatic carbocycles. The van der Waals surface area contributed by atoms with E-state index in [1.54, 1.807) is 11.2 Å². The minimum absolute atomic E-state index is 0.238. The van der Waals surface area contributed by atoms with Crippen molar-refractivity contribution >= 4 is 5.91 Å². The van der Waals surface area contributed by atoms with Gasteiger partial charge in [0, 0.05) is 24.6 Å². The van der Waals surface area contributed by atoms with Crippen LogP contribution < -0.4 is 0 Å². The van der Waals surface area contributed by atoms with Gasteiger partial charge in [-0.15, -0.1) is 0 Å². The van der Waals surface area contributed by atoms with Gasteiger partial charge >= 0.3 is 6.18 Å². The van der Waals surface area contributed by atoms with Crippen LogP contribution in [0.2, 0.25) is 0 Å². The van der Waals surface area contributed by atoms with Gasteiger partial charge in [0.15, 0.2) is 0 Å². The van der Waals surface area contributed by atoms with E-state index in [-0.39, 0.29) is 17.5 Å². The predicted molar refractivity (Wildman–Crippen MR) is 82.5 cm³/mol. The van der Waals surface area contributed by atoms with Crippen molar-refractivity contribution in [3.05, 3.63) is 53.1 Å². The Hall–Kier alpha value is -2.31. The Balaban J connectivity index is 1.80. The van der Waals surface area contributed by atoms with E-state index in [4.69, 9.17) is 0 Å². The number of amides is 1. The second-order valence-corrected chi connectivity index (χ2v) is 6.19. The number of nitrogens with zero attached hydrogens (tertiary/aromatic N) is 3. The quantitative estimate of drug-likeness (QED) is 0.838. The zero-order valence-corrected chi connectivity index (χ0v) is 13.5. The summed E-state index contributed by atoms with van der Waals surface area (Å²) in [5, 5.41) is 0. The second-order valence-electron chi connectivity index (χ2n) is 6.19. The molecular formula is C17H18F3N3O. The highest BCUT2D eigenvalue weighted by atomic mass is 19.4. The van der Waals surface area contributed by atoms with Crippen molar-refractivity contribution in [3.63, 3.8) is 0 Å². The molecule has 0 aliphatic carbocycles. The maximum absolute atomic E-state index is 12.6. The molecule has 2 aromatic rings. The molecule has 1 aliphatic heterocycles. The Kier molecular flexibility index (Phi) is 4.11. The normalized spacial score (nSPS) is 14.8. The maximum Gasteiger partial charge on any atom is 0.416 e. The lowest BCUT2D eigenvalue weighted by Gasteiger charge is -2.28. The topological polar surface area (TPSA) is 38.1 Å². The summed E-state index contributed by atoms with van der Waals surface area (Å²) in [5.74, 6) is -0.258. The number of hydrogen-bond acceptors (Lipinski definition) is 2. The predicted octanol–water partition coefficient (Wildman–Crippen LogP) is 3.68. The van der Waals surface area contributed by atoms with Crippen LogP contribution in [-0.4, -0.2) is 26.9 Å². The Morgan fingerprint density at radius 2 is 1.88 bits per heavy atom. The summed E-state index contributed by atoms with van der Waals surface area (Å²) < 4.78 is 39.9. The minimum Gasteiger partial charge on any atom is -0.332 e. The number of carbonyl (C=O) groups is 1. The van der Waals surface area contributed by atoms with Gasteiger partial charge in [0.25, 0.3) is 5.91 Å². The lowest BCUT2D eigenvalue weighted by atomic mass is 10.1. The molecule has 24 heavy (non-hydrogen) atoms. The van der Waals surface area contributed by atoms with Gasteiger partial charge in [-0.05, 0) is 38.1 Å². The van der Waals surface area contributed by atoms with E-state index in [2.05, 4.69) is 4.98 Å². The van der Waals surface area contributed by atoms with Crippen LogP contribution >= 0.6 is 0 Å². The molecule has 0 radical (unpaired) electrons. The van der Waals surface area contributed by atoms with E-state index in [9.17, 15) is 18.0 Å². The highest BCUT2D eigenvalue weighted by molar-refractivity contribution is 5.94. The number of hydrogen-bond donors (Lipinski definition) is 0. The third kappa shape index (κ3) is 3.02. The van der Waals surface area contributed by atoms with E-state index in [0.29, 0.717) is 19.5 Å². The van der Waals surface area contributed by atoms with E-state index in [1.807, 2.05) is 18.4 Å². The lowest BCUT2D eigenvalue weighted by molar-refractivity contribution is -0.137. The van der Waals surface area contributed by atoms with Crippen molar-refractivity contribution in [3.8, 4) is 0 Å². The third-order valence-electron chi connectivity index (χ3n) is 4.24. The first-order valence-corrected chi connectivity index (χ1v) is 7.78. The van der Waals surface area contributed by atoms with E-state index in [1.165, 1.54) is 12.1 Å². The van der Waals surface area contributed by atoms with Gasteiger partial charge in [0.2, 0.25) is 0 Å². The third-order valence-corrected chi connectivity index (χ3v) is 4.24. The van der Waals surface area contributed by atoms with Crippen molar-refractivity contribution in [1.29, 1.82) is 0 Å². The fraction of sp³-hybridized carbons (Fsp3) is 0.412. The summed E-state index contributed by atoms with van der Waals surface area (Å²) in [6.45, 7) is 5.02. The molecule has 128 valence electrons. The zero-order chi connectivity index (χ0) is 17.5. The second kappa shape index (κ2) is 5.96. The number of halogens is 3. The van der Waals surface area contributed by atoms with Gasteiger partial charge in [0.05, 0.1) is 29.8 Å². The van der Waals surface area contributed by atoms with Crippen LogP contribution in [0.25, 0.3) is 0 Å². The Morgan fingerprint density at radius 1 is 1.21 bits per heavy atom. The van der Waals surface area contributed by atoms with Gasteiger partial charge < -0.3 is 9.47 Å². The number of benzene rings is 1. The highest BCUT2D eigenvalue weighted by Crippen LogP contribution is 2.29. The summed E-state index contributed by atoms with van der Waals surface area (Å²) in [6.07, 6.45) is -1.96.